The van der Waals surface area contributed by atoms with Crippen LogP contribution in [0, 0.1) is 5.92 Å². The van der Waals surface area contributed by atoms with Crippen molar-refractivity contribution in [1.29, 1.82) is 0 Å². The topological polar surface area (TPSA) is 59.8 Å². The van der Waals surface area contributed by atoms with Crippen LogP contribution in [-0.2, 0) is 13.5 Å². The SMILES string of the molecule is Cn1ccnc1[C@H](NC(=O)c1csc(Cc2ccccc2)n1)C1CC1. The second kappa shape index (κ2) is 6.80. The second-order valence-corrected chi connectivity index (χ2v) is 7.42. The first-order valence-corrected chi connectivity index (χ1v) is 9.35. The number of thiazole rings is 1. The minimum absolute atomic E-state index is 0.0354. The number of nitrogens with one attached hydrogen (secondary N) is 1. The molecular weight excluding hydrogens is 332 g/mol. The Balaban J connectivity index is 1.46. The summed E-state index contributed by atoms with van der Waals surface area (Å²) < 4.78 is 1.98. The summed E-state index contributed by atoms with van der Waals surface area (Å²) in [5, 5.41) is 5.94. The van der Waals surface area contributed by atoms with Crippen LogP contribution in [0.15, 0.2) is 48.1 Å². The third-order valence-electron chi connectivity index (χ3n) is 4.50. The number of imidazole rings is 1. The number of rotatable bonds is 6. The van der Waals surface area contributed by atoms with Crippen LogP contribution < -0.4 is 5.32 Å². The quantitative estimate of drug-likeness (QED) is 0.740. The Kier molecular flexibility index (Phi) is 4.36. The Labute approximate surface area is 150 Å². The summed E-state index contributed by atoms with van der Waals surface area (Å²) in [6.45, 7) is 0. The molecule has 1 atom stereocenters. The van der Waals surface area contributed by atoms with Gasteiger partial charge in [0, 0.05) is 31.2 Å². The monoisotopic (exact) mass is 352 g/mol. The van der Waals surface area contributed by atoms with Crippen molar-refractivity contribution < 1.29 is 4.79 Å². The summed E-state index contributed by atoms with van der Waals surface area (Å²) in [6.07, 6.45) is 6.71. The summed E-state index contributed by atoms with van der Waals surface area (Å²) >= 11 is 1.53. The first-order valence-electron chi connectivity index (χ1n) is 8.47. The lowest BCUT2D eigenvalue weighted by Crippen LogP contribution is -2.31. The van der Waals surface area contributed by atoms with Crippen LogP contribution in [0.4, 0.5) is 0 Å². The van der Waals surface area contributed by atoms with Gasteiger partial charge >= 0.3 is 0 Å². The molecular formula is C19H20N4OS. The lowest BCUT2D eigenvalue weighted by molar-refractivity contribution is 0.0924. The third-order valence-corrected chi connectivity index (χ3v) is 5.35. The van der Waals surface area contributed by atoms with Gasteiger partial charge in [-0.25, -0.2) is 9.97 Å². The van der Waals surface area contributed by atoms with E-state index in [4.69, 9.17) is 0 Å². The first-order chi connectivity index (χ1) is 12.2. The van der Waals surface area contributed by atoms with Gasteiger partial charge in [-0.05, 0) is 24.3 Å². The highest BCUT2D eigenvalue weighted by atomic mass is 32.1. The maximum absolute atomic E-state index is 12.7. The van der Waals surface area contributed by atoms with Crippen molar-refractivity contribution in [2.75, 3.05) is 0 Å². The third kappa shape index (κ3) is 3.64. The fourth-order valence-electron chi connectivity index (χ4n) is 2.98. The van der Waals surface area contributed by atoms with Crippen LogP contribution in [0.2, 0.25) is 0 Å². The van der Waals surface area contributed by atoms with Gasteiger partial charge in [0.25, 0.3) is 5.91 Å². The van der Waals surface area contributed by atoms with E-state index in [0.29, 0.717) is 11.6 Å². The standard InChI is InChI=1S/C19H20N4OS/c1-23-10-9-20-18(23)17(14-7-8-14)22-19(24)15-12-25-16(21-15)11-13-5-3-2-4-6-13/h2-6,9-10,12,14,17H,7-8,11H2,1H3,(H,22,24)/t17-/m1/s1. The first kappa shape index (κ1) is 16.0. The highest BCUT2D eigenvalue weighted by Crippen LogP contribution is 2.40. The van der Waals surface area contributed by atoms with Gasteiger partial charge in [-0.2, -0.15) is 0 Å². The van der Waals surface area contributed by atoms with Crippen molar-refractivity contribution in [3.8, 4) is 0 Å². The molecule has 6 heteroatoms. The summed E-state index contributed by atoms with van der Waals surface area (Å²) in [6, 6.07) is 10.1. The zero-order valence-corrected chi connectivity index (χ0v) is 14.9. The average Bonchev–Trinajstić information content (AvgIpc) is 3.21. The van der Waals surface area contributed by atoms with E-state index < -0.39 is 0 Å². The van der Waals surface area contributed by atoms with Crippen LogP contribution in [-0.4, -0.2) is 20.4 Å². The molecule has 0 bridgehead atoms. The van der Waals surface area contributed by atoms with Gasteiger partial charge in [0.2, 0.25) is 0 Å². The summed E-state index contributed by atoms with van der Waals surface area (Å²) in [5.41, 5.74) is 1.70. The lowest BCUT2D eigenvalue weighted by Gasteiger charge is -2.17. The normalized spacial score (nSPS) is 15.1. The molecule has 1 aromatic carbocycles. The van der Waals surface area contributed by atoms with Crippen LogP contribution in [0.1, 0.15) is 45.8 Å². The van der Waals surface area contributed by atoms with E-state index in [-0.39, 0.29) is 11.9 Å². The minimum atomic E-state index is -0.115. The predicted molar refractivity (Wildman–Crippen MR) is 97.5 cm³/mol. The number of aromatic nitrogens is 3. The molecule has 1 aliphatic carbocycles. The molecule has 0 spiro atoms. The van der Waals surface area contributed by atoms with Crippen molar-refractivity contribution in [3.05, 3.63) is 70.2 Å². The van der Waals surface area contributed by atoms with Gasteiger partial charge in [0.05, 0.1) is 11.0 Å². The minimum Gasteiger partial charge on any atom is -0.340 e. The van der Waals surface area contributed by atoms with Gasteiger partial charge in [-0.1, -0.05) is 30.3 Å². The fraction of sp³-hybridized carbons (Fsp3) is 0.316. The molecule has 25 heavy (non-hydrogen) atoms. The number of nitrogens with zero attached hydrogens (tertiary/aromatic N) is 3. The molecule has 2 heterocycles. The predicted octanol–water partition coefficient (Wildman–Crippen LogP) is 3.35. The molecule has 1 fully saturated rings. The smallest absolute Gasteiger partial charge is 0.271 e. The molecule has 0 saturated heterocycles. The number of carbonyl (C=O) groups is 1. The van der Waals surface area contributed by atoms with Crippen LogP contribution in [0.25, 0.3) is 0 Å². The van der Waals surface area contributed by atoms with Gasteiger partial charge in [-0.3, -0.25) is 4.79 Å². The van der Waals surface area contributed by atoms with Crippen molar-refractivity contribution in [3.63, 3.8) is 0 Å². The number of carbonyl (C=O) groups excluding carboxylic acids is 1. The van der Waals surface area contributed by atoms with Gasteiger partial charge in [-0.15, -0.1) is 11.3 Å². The van der Waals surface area contributed by atoms with E-state index in [9.17, 15) is 4.79 Å². The van der Waals surface area contributed by atoms with Crippen molar-refractivity contribution in [2.24, 2.45) is 13.0 Å². The van der Waals surface area contributed by atoms with E-state index in [1.54, 1.807) is 6.20 Å². The van der Waals surface area contributed by atoms with Crippen LogP contribution in [0.5, 0.6) is 0 Å². The van der Waals surface area contributed by atoms with E-state index in [1.807, 2.05) is 41.4 Å². The molecule has 1 aliphatic rings. The maximum atomic E-state index is 12.7. The molecule has 2 aromatic heterocycles. The molecule has 128 valence electrons. The molecule has 1 amide bonds. The van der Waals surface area contributed by atoms with Crippen molar-refractivity contribution in [2.45, 2.75) is 25.3 Å². The summed E-state index contributed by atoms with van der Waals surface area (Å²) in [7, 11) is 1.96. The molecule has 1 saturated carbocycles. The van der Waals surface area contributed by atoms with Crippen molar-refractivity contribution >= 4 is 17.2 Å². The van der Waals surface area contributed by atoms with E-state index in [2.05, 4.69) is 27.4 Å². The molecule has 1 N–H and O–H groups in total. The Morgan fingerprint density at radius 2 is 2.16 bits per heavy atom. The lowest BCUT2D eigenvalue weighted by atomic mass is 10.1. The Bertz CT molecular complexity index is 866. The Hall–Kier alpha value is -2.47. The average molecular weight is 352 g/mol. The number of aryl methyl sites for hydroxylation is 1. The molecule has 0 unspecified atom stereocenters. The van der Waals surface area contributed by atoms with E-state index in [1.165, 1.54) is 16.9 Å². The summed E-state index contributed by atoms with van der Waals surface area (Å²) in [4.78, 5) is 21.6. The molecule has 0 radical (unpaired) electrons. The van der Waals surface area contributed by atoms with E-state index >= 15 is 0 Å². The molecule has 0 aliphatic heterocycles. The van der Waals surface area contributed by atoms with E-state index in [0.717, 1.165) is 30.1 Å². The highest BCUT2D eigenvalue weighted by molar-refractivity contribution is 7.09. The van der Waals surface area contributed by atoms with Gasteiger partial charge in [0.1, 0.15) is 11.5 Å². The Morgan fingerprint density at radius 3 is 2.84 bits per heavy atom. The zero-order valence-electron chi connectivity index (χ0n) is 14.1. The molecule has 5 nitrogen and oxygen atoms in total. The zero-order chi connectivity index (χ0) is 17.2. The molecule has 3 aromatic rings. The Morgan fingerprint density at radius 1 is 1.36 bits per heavy atom. The number of benzene rings is 1. The van der Waals surface area contributed by atoms with Crippen LogP contribution >= 0.6 is 11.3 Å². The van der Waals surface area contributed by atoms with Gasteiger partial charge < -0.3 is 9.88 Å². The number of hydrogen-bond donors (Lipinski definition) is 1. The van der Waals surface area contributed by atoms with Crippen molar-refractivity contribution in [1.82, 2.24) is 19.9 Å². The van der Waals surface area contributed by atoms with Gasteiger partial charge in [0.15, 0.2) is 0 Å². The largest absolute Gasteiger partial charge is 0.340 e. The summed E-state index contributed by atoms with van der Waals surface area (Å²) in [5.74, 6) is 1.28. The van der Waals surface area contributed by atoms with Crippen LogP contribution in [0.3, 0.4) is 0 Å². The maximum Gasteiger partial charge on any atom is 0.271 e. The number of amides is 1. The number of hydrogen-bond acceptors (Lipinski definition) is 4. The second-order valence-electron chi connectivity index (χ2n) is 6.47. The fourth-order valence-corrected chi connectivity index (χ4v) is 3.79. The molecule has 4 rings (SSSR count). The highest BCUT2D eigenvalue weighted by Gasteiger charge is 2.36.